The molecule has 0 aromatic rings. The van der Waals surface area contributed by atoms with E-state index in [1.54, 1.807) is 0 Å². The van der Waals surface area contributed by atoms with Gasteiger partial charge in [-0.25, -0.2) is 13.2 Å². The zero-order chi connectivity index (χ0) is 33.3. The largest absolute Gasteiger partial charge is 0.450 e. The SMILES string of the molecule is C=C[C@@H]1C[C@]1(NC(=O)[C@@H]1C[C@@H]2CN1C(=O)[C@H](C(C)(C)C)NC(=O)OCCCCCC1CCCC(CO2)N1)C(=O)NS(=O)(=O)C1CC1. The van der Waals surface area contributed by atoms with Crippen LogP contribution in [0, 0.1) is 11.3 Å². The van der Waals surface area contributed by atoms with Gasteiger partial charge in [0.2, 0.25) is 21.8 Å². The first-order chi connectivity index (χ1) is 21.7. The van der Waals surface area contributed by atoms with E-state index >= 15 is 0 Å². The van der Waals surface area contributed by atoms with E-state index in [1.807, 2.05) is 20.8 Å². The number of nitrogens with one attached hydrogen (secondary N) is 4. The lowest BCUT2D eigenvalue weighted by molar-refractivity contribution is -0.143. The Labute approximate surface area is 272 Å². The number of sulfonamides is 1. The van der Waals surface area contributed by atoms with E-state index in [9.17, 15) is 27.6 Å². The van der Waals surface area contributed by atoms with Crippen LogP contribution in [-0.2, 0) is 33.9 Å². The number of cyclic esters (lactones) is 1. The highest BCUT2D eigenvalue weighted by atomic mass is 32.2. The number of hydrogen-bond acceptors (Lipinski definition) is 9. The molecule has 46 heavy (non-hydrogen) atoms. The number of fused-ring (bicyclic) bond motifs is 4. The van der Waals surface area contributed by atoms with E-state index in [-0.39, 0.29) is 32.0 Å². The summed E-state index contributed by atoms with van der Waals surface area (Å²) in [5.41, 5.74) is -2.20. The third-order valence-corrected chi connectivity index (χ3v) is 11.8. The van der Waals surface area contributed by atoms with Gasteiger partial charge in [0.15, 0.2) is 0 Å². The Kier molecular flexibility index (Phi) is 10.4. The van der Waals surface area contributed by atoms with Gasteiger partial charge >= 0.3 is 6.09 Å². The topological polar surface area (TPSA) is 172 Å². The van der Waals surface area contributed by atoms with E-state index in [2.05, 4.69) is 27.3 Å². The number of carbonyl (C=O) groups excluding carboxylic acids is 4. The maximum absolute atomic E-state index is 14.2. The Hall–Kier alpha value is -2.71. The number of alkyl carbamates (subject to hydrolysis) is 1. The molecule has 5 aliphatic rings. The summed E-state index contributed by atoms with van der Waals surface area (Å²) in [5.74, 6) is -2.30. The van der Waals surface area contributed by atoms with Crippen LogP contribution in [0.1, 0.15) is 91.4 Å². The standard InChI is InChI=1S/C32H51N5O8S/c1-5-20-17-32(20,29(40)36-46(42,43)24-13-14-24)35-27(38)25-16-23-18-37(25)28(39)26(31(2,3)4)34-30(41)44-15-8-6-7-10-21-11-9-12-22(33-21)19-45-23/h5,20-26,33H,1,6-19H2,2-4H3,(H,34,41)(H,35,38)(H,36,40)/t20-,21?,22?,23-,25+,26-,32-/m1/s1. The second kappa shape index (κ2) is 13.8. The summed E-state index contributed by atoms with van der Waals surface area (Å²) in [6.45, 7) is 10.0. The summed E-state index contributed by atoms with van der Waals surface area (Å²) in [7, 11) is -3.84. The lowest BCUT2D eigenvalue weighted by Crippen LogP contribution is -2.60. The average molecular weight is 666 g/mol. The van der Waals surface area contributed by atoms with Crippen molar-refractivity contribution in [1.29, 1.82) is 0 Å². The Bertz CT molecular complexity index is 1300. The van der Waals surface area contributed by atoms with Crippen LogP contribution in [0.3, 0.4) is 0 Å². The molecular weight excluding hydrogens is 614 g/mol. The van der Waals surface area contributed by atoms with E-state index in [0.29, 0.717) is 25.5 Å². The molecule has 5 fully saturated rings. The minimum absolute atomic E-state index is 0.122. The van der Waals surface area contributed by atoms with Crippen LogP contribution >= 0.6 is 0 Å². The zero-order valence-corrected chi connectivity index (χ0v) is 28.2. The number of ether oxygens (including phenoxy) is 2. The number of amides is 4. The lowest BCUT2D eigenvalue weighted by Gasteiger charge is -2.35. The average Bonchev–Trinajstić information content (AvgIpc) is 3.92. The first-order valence-corrected chi connectivity index (χ1v) is 18.4. The number of carbonyl (C=O) groups is 4. The third kappa shape index (κ3) is 8.04. The van der Waals surface area contributed by atoms with Gasteiger partial charge in [-0.15, -0.1) is 6.58 Å². The first kappa shape index (κ1) is 34.6. The van der Waals surface area contributed by atoms with Crippen LogP contribution < -0.4 is 20.7 Å². The van der Waals surface area contributed by atoms with Crippen LogP contribution in [0.4, 0.5) is 4.79 Å². The van der Waals surface area contributed by atoms with Crippen molar-refractivity contribution in [1.82, 2.24) is 25.6 Å². The second-order valence-corrected chi connectivity index (χ2v) is 16.8. The summed E-state index contributed by atoms with van der Waals surface area (Å²) in [6.07, 6.45) is 8.61. The van der Waals surface area contributed by atoms with Gasteiger partial charge in [0.05, 0.1) is 24.6 Å². The molecule has 2 unspecified atom stereocenters. The zero-order valence-electron chi connectivity index (χ0n) is 27.3. The molecule has 5 rings (SSSR count). The third-order valence-electron chi connectivity index (χ3n) is 10.0. The van der Waals surface area contributed by atoms with Crippen molar-refractivity contribution in [2.45, 2.75) is 132 Å². The minimum atomic E-state index is -3.84. The fourth-order valence-electron chi connectivity index (χ4n) is 6.96. The Morgan fingerprint density at radius 3 is 2.43 bits per heavy atom. The quantitative estimate of drug-likeness (QED) is 0.309. The van der Waals surface area contributed by atoms with Crippen molar-refractivity contribution in [2.24, 2.45) is 11.3 Å². The molecule has 13 nitrogen and oxygen atoms in total. The van der Waals surface area contributed by atoms with Gasteiger partial charge in [0.1, 0.15) is 17.6 Å². The number of hydrogen-bond donors (Lipinski definition) is 4. The molecule has 4 bridgehead atoms. The molecule has 2 saturated carbocycles. The molecule has 3 aliphatic heterocycles. The molecule has 2 aliphatic carbocycles. The van der Waals surface area contributed by atoms with Gasteiger partial charge in [-0.1, -0.05) is 46.1 Å². The molecule has 258 valence electrons. The molecule has 4 amide bonds. The predicted octanol–water partition coefficient (Wildman–Crippen LogP) is 1.87. The van der Waals surface area contributed by atoms with Gasteiger partial charge < -0.3 is 30.3 Å². The summed E-state index contributed by atoms with van der Waals surface area (Å²) < 4.78 is 39.1. The van der Waals surface area contributed by atoms with E-state index < -0.39 is 74.1 Å². The summed E-state index contributed by atoms with van der Waals surface area (Å²) in [5, 5.41) is 8.65. The molecule has 0 spiro atoms. The fourth-order valence-corrected chi connectivity index (χ4v) is 8.32. The van der Waals surface area contributed by atoms with Crippen molar-refractivity contribution in [3.8, 4) is 0 Å². The summed E-state index contributed by atoms with van der Waals surface area (Å²) in [6, 6.07) is -1.46. The van der Waals surface area contributed by atoms with E-state index in [1.165, 1.54) is 11.0 Å². The molecule has 7 atom stereocenters. The van der Waals surface area contributed by atoms with Crippen molar-refractivity contribution < 1.29 is 37.1 Å². The number of nitrogens with zero attached hydrogens (tertiary/aromatic N) is 1. The van der Waals surface area contributed by atoms with Crippen LogP contribution in [0.5, 0.6) is 0 Å². The van der Waals surface area contributed by atoms with Gasteiger partial charge in [-0.3, -0.25) is 19.1 Å². The fraction of sp³-hybridized carbons (Fsp3) is 0.812. The summed E-state index contributed by atoms with van der Waals surface area (Å²) in [4.78, 5) is 55.8. The monoisotopic (exact) mass is 665 g/mol. The number of rotatable bonds is 6. The van der Waals surface area contributed by atoms with Crippen molar-refractivity contribution >= 4 is 33.8 Å². The van der Waals surface area contributed by atoms with Gasteiger partial charge in [0, 0.05) is 31.0 Å². The lowest BCUT2D eigenvalue weighted by atomic mass is 9.85. The second-order valence-electron chi connectivity index (χ2n) is 14.8. The molecule has 0 radical (unpaired) electrons. The van der Waals surface area contributed by atoms with Gasteiger partial charge in [-0.2, -0.15) is 0 Å². The smallest absolute Gasteiger partial charge is 0.407 e. The predicted molar refractivity (Wildman–Crippen MR) is 170 cm³/mol. The Morgan fingerprint density at radius 1 is 1.04 bits per heavy atom. The van der Waals surface area contributed by atoms with Crippen molar-refractivity contribution in [3.05, 3.63) is 12.7 Å². The molecule has 3 heterocycles. The van der Waals surface area contributed by atoms with Crippen LogP contribution in [0.15, 0.2) is 12.7 Å². The highest BCUT2D eigenvalue weighted by Crippen LogP contribution is 2.45. The van der Waals surface area contributed by atoms with Gasteiger partial charge in [0.25, 0.3) is 5.91 Å². The maximum Gasteiger partial charge on any atom is 0.407 e. The van der Waals surface area contributed by atoms with Gasteiger partial charge in [-0.05, 0) is 50.4 Å². The molecule has 4 N–H and O–H groups in total. The maximum atomic E-state index is 14.2. The van der Waals surface area contributed by atoms with Crippen LogP contribution in [0.25, 0.3) is 0 Å². The molecule has 0 aromatic heterocycles. The van der Waals surface area contributed by atoms with E-state index in [4.69, 9.17) is 9.47 Å². The Balaban J connectivity index is 1.37. The molecule has 14 heteroatoms. The highest BCUT2D eigenvalue weighted by molar-refractivity contribution is 7.91. The minimum Gasteiger partial charge on any atom is -0.450 e. The van der Waals surface area contributed by atoms with E-state index in [0.717, 1.165) is 44.9 Å². The molecular formula is C32H51N5O8S. The highest BCUT2D eigenvalue weighted by Gasteiger charge is 2.62. The van der Waals surface area contributed by atoms with Crippen LogP contribution in [-0.4, -0.2) is 98.0 Å². The molecule has 3 saturated heterocycles. The first-order valence-electron chi connectivity index (χ1n) is 16.9. The van der Waals surface area contributed by atoms with Crippen molar-refractivity contribution in [2.75, 3.05) is 19.8 Å². The summed E-state index contributed by atoms with van der Waals surface area (Å²) >= 11 is 0. The Morgan fingerprint density at radius 2 is 1.76 bits per heavy atom. The number of piperidine rings is 1. The van der Waals surface area contributed by atoms with Crippen molar-refractivity contribution in [3.63, 3.8) is 0 Å². The molecule has 0 aromatic carbocycles. The van der Waals surface area contributed by atoms with Crippen LogP contribution in [0.2, 0.25) is 0 Å². The normalized spacial score (nSPS) is 34.7.